The molecule has 7 heteroatoms. The first-order valence-electron chi connectivity index (χ1n) is 12.2. The number of aromatic nitrogens is 3. The fourth-order valence-electron chi connectivity index (χ4n) is 4.74. The number of fused-ring (bicyclic) bond motifs is 3. The molecule has 190 valence electrons. The van der Waals surface area contributed by atoms with Crippen LogP contribution in [0.3, 0.4) is 0 Å². The van der Waals surface area contributed by atoms with Gasteiger partial charge in [0.25, 0.3) is 0 Å². The lowest BCUT2D eigenvalue weighted by molar-refractivity contribution is 0.304. The maximum atomic E-state index is 15.6. The molecule has 1 N–H and O–H groups in total. The van der Waals surface area contributed by atoms with Gasteiger partial charge in [0.2, 0.25) is 0 Å². The van der Waals surface area contributed by atoms with Gasteiger partial charge in [0.05, 0.1) is 29.4 Å². The molecule has 2 aromatic heterocycles. The van der Waals surface area contributed by atoms with E-state index in [1.807, 2.05) is 87.8 Å². The fraction of sp³-hybridized carbons (Fsp3) is 0.267. The van der Waals surface area contributed by atoms with Gasteiger partial charge < -0.3 is 14.6 Å². The number of hydrogen-bond acceptors (Lipinski definition) is 5. The molecule has 0 spiro atoms. The number of nitrogens with zero attached hydrogens (tertiary/aromatic N) is 3. The number of ether oxygens (including phenoxy) is 2. The van der Waals surface area contributed by atoms with Crippen LogP contribution in [-0.4, -0.2) is 27.0 Å². The van der Waals surface area contributed by atoms with Crippen LogP contribution >= 0.6 is 0 Å². The lowest BCUT2D eigenvalue weighted by atomic mass is 9.98. The molecule has 3 aromatic carbocycles. The van der Waals surface area contributed by atoms with Gasteiger partial charge in [0.1, 0.15) is 18.2 Å². The van der Waals surface area contributed by atoms with Crippen LogP contribution in [0.25, 0.3) is 33.1 Å². The molecular weight excluding hydrogens is 469 g/mol. The molecule has 5 rings (SSSR count). The van der Waals surface area contributed by atoms with E-state index in [2.05, 4.69) is 0 Å². The van der Waals surface area contributed by atoms with E-state index in [0.29, 0.717) is 34.4 Å². The molecular formula is C30H30FN3O3. The zero-order valence-corrected chi connectivity index (χ0v) is 21.9. The van der Waals surface area contributed by atoms with Crippen LogP contribution in [0.1, 0.15) is 37.6 Å². The number of halogens is 1. The van der Waals surface area contributed by atoms with Gasteiger partial charge in [0.15, 0.2) is 17.1 Å². The second-order valence-corrected chi connectivity index (χ2v) is 10.2. The van der Waals surface area contributed by atoms with Gasteiger partial charge in [-0.3, -0.25) is 0 Å². The predicted molar refractivity (Wildman–Crippen MR) is 144 cm³/mol. The van der Waals surface area contributed by atoms with E-state index in [0.717, 1.165) is 28.5 Å². The van der Waals surface area contributed by atoms with Gasteiger partial charge in [-0.1, -0.05) is 30.3 Å². The number of benzene rings is 3. The lowest BCUT2D eigenvalue weighted by Gasteiger charge is -2.21. The molecule has 0 fully saturated rings. The summed E-state index contributed by atoms with van der Waals surface area (Å²) in [5.74, 6) is 0.0859. The number of pyridine rings is 1. The molecule has 0 unspecified atom stereocenters. The number of methoxy groups -OCH3 is 1. The molecule has 0 bridgehead atoms. The van der Waals surface area contributed by atoms with Crippen molar-refractivity contribution in [2.24, 2.45) is 0 Å². The van der Waals surface area contributed by atoms with Crippen molar-refractivity contribution in [2.75, 3.05) is 7.11 Å². The molecule has 0 saturated heterocycles. The molecule has 0 radical (unpaired) electrons. The highest BCUT2D eigenvalue weighted by Gasteiger charge is 2.27. The zero-order valence-electron chi connectivity index (χ0n) is 21.9. The normalized spacial score (nSPS) is 11.9. The Bertz CT molecular complexity index is 1640. The average molecular weight is 500 g/mol. The summed E-state index contributed by atoms with van der Waals surface area (Å²) in [5.41, 5.74) is 4.04. The molecule has 0 amide bonds. The van der Waals surface area contributed by atoms with E-state index in [-0.39, 0.29) is 22.4 Å². The quantitative estimate of drug-likeness (QED) is 0.280. The van der Waals surface area contributed by atoms with Gasteiger partial charge >= 0.3 is 0 Å². The third-order valence-electron chi connectivity index (χ3n) is 6.48. The van der Waals surface area contributed by atoms with Crippen LogP contribution in [0.15, 0.2) is 54.6 Å². The molecule has 37 heavy (non-hydrogen) atoms. The van der Waals surface area contributed by atoms with Crippen molar-refractivity contribution in [3.05, 3.63) is 77.2 Å². The Morgan fingerprint density at radius 3 is 2.35 bits per heavy atom. The summed E-state index contributed by atoms with van der Waals surface area (Å²) >= 11 is 0. The predicted octanol–water partition coefficient (Wildman–Crippen LogP) is 7.06. The second kappa shape index (κ2) is 9.07. The minimum atomic E-state index is -0.581. The third kappa shape index (κ3) is 4.24. The molecule has 5 aromatic rings. The SMILES string of the molecule is COc1c(O)cc(F)c2c(-c3ccc(OCc4ccccc4)c(C)c3)nc3c(c(C)nn3C(C)(C)C)c12. The van der Waals surface area contributed by atoms with E-state index in [1.165, 1.54) is 7.11 Å². The monoisotopic (exact) mass is 499 g/mol. The van der Waals surface area contributed by atoms with E-state index in [4.69, 9.17) is 19.6 Å². The molecule has 0 atom stereocenters. The van der Waals surface area contributed by atoms with E-state index in [9.17, 15) is 5.11 Å². The van der Waals surface area contributed by atoms with Crippen molar-refractivity contribution >= 4 is 21.8 Å². The maximum Gasteiger partial charge on any atom is 0.169 e. The molecule has 0 saturated carbocycles. The van der Waals surface area contributed by atoms with Gasteiger partial charge in [-0.05, 0) is 63.9 Å². The Morgan fingerprint density at radius 1 is 0.973 bits per heavy atom. The first kappa shape index (κ1) is 24.6. The number of aromatic hydroxyl groups is 1. The van der Waals surface area contributed by atoms with Crippen LogP contribution in [0.5, 0.6) is 17.2 Å². The Morgan fingerprint density at radius 2 is 1.70 bits per heavy atom. The summed E-state index contributed by atoms with van der Waals surface area (Å²) in [5, 5.41) is 16.7. The smallest absolute Gasteiger partial charge is 0.169 e. The van der Waals surface area contributed by atoms with Crippen molar-refractivity contribution in [1.82, 2.24) is 14.8 Å². The standard InChI is InChI=1S/C30H30FN3O3/c1-17-14-20(12-13-23(17)37-16-19-10-8-7-9-11-19)27-25-21(31)15-22(35)28(36-6)26(25)24-18(2)33-34(29(24)32-27)30(3,4)5/h7-15,35H,16H2,1-6H3. The molecule has 0 aliphatic heterocycles. The summed E-state index contributed by atoms with van der Waals surface area (Å²) in [6.45, 7) is 10.4. The van der Waals surface area contributed by atoms with Crippen LogP contribution in [0, 0.1) is 19.7 Å². The fourth-order valence-corrected chi connectivity index (χ4v) is 4.74. The van der Waals surface area contributed by atoms with Crippen molar-refractivity contribution in [1.29, 1.82) is 0 Å². The number of aryl methyl sites for hydroxylation is 2. The number of phenolic OH excluding ortho intramolecular Hbond substituents is 1. The summed E-state index contributed by atoms with van der Waals surface area (Å²) in [7, 11) is 1.46. The highest BCUT2D eigenvalue weighted by molar-refractivity contribution is 6.15. The number of rotatable bonds is 5. The maximum absolute atomic E-state index is 15.6. The first-order valence-corrected chi connectivity index (χ1v) is 12.2. The average Bonchev–Trinajstić information content (AvgIpc) is 3.20. The molecule has 0 aliphatic rings. The van der Waals surface area contributed by atoms with E-state index < -0.39 is 5.82 Å². The van der Waals surface area contributed by atoms with Crippen molar-refractivity contribution < 1.29 is 19.0 Å². The highest BCUT2D eigenvalue weighted by Crippen LogP contribution is 2.45. The lowest BCUT2D eigenvalue weighted by Crippen LogP contribution is -2.23. The van der Waals surface area contributed by atoms with Gasteiger partial charge in [-0.25, -0.2) is 14.1 Å². The van der Waals surface area contributed by atoms with Crippen molar-refractivity contribution in [3.8, 4) is 28.5 Å². The summed E-state index contributed by atoms with van der Waals surface area (Å²) < 4.78 is 29.1. The minimum Gasteiger partial charge on any atom is -0.504 e. The molecule has 6 nitrogen and oxygen atoms in total. The second-order valence-electron chi connectivity index (χ2n) is 10.2. The topological polar surface area (TPSA) is 69.4 Å². The summed E-state index contributed by atoms with van der Waals surface area (Å²) in [6, 6.07) is 16.7. The first-order chi connectivity index (χ1) is 17.6. The van der Waals surface area contributed by atoms with Crippen LogP contribution in [-0.2, 0) is 12.1 Å². The Balaban J connectivity index is 1.74. The third-order valence-corrected chi connectivity index (χ3v) is 6.48. The van der Waals surface area contributed by atoms with Gasteiger partial charge in [0, 0.05) is 22.4 Å². The number of phenols is 1. The summed E-state index contributed by atoms with van der Waals surface area (Å²) in [4.78, 5) is 4.97. The zero-order chi connectivity index (χ0) is 26.5. The number of hydrogen-bond donors (Lipinski definition) is 1. The van der Waals surface area contributed by atoms with Crippen LogP contribution in [0.4, 0.5) is 4.39 Å². The molecule has 2 heterocycles. The highest BCUT2D eigenvalue weighted by atomic mass is 19.1. The Labute approximate surface area is 215 Å². The van der Waals surface area contributed by atoms with Crippen molar-refractivity contribution in [2.45, 2.75) is 46.8 Å². The summed E-state index contributed by atoms with van der Waals surface area (Å²) in [6.07, 6.45) is 0. The van der Waals surface area contributed by atoms with Crippen LogP contribution < -0.4 is 9.47 Å². The minimum absolute atomic E-state index is 0.196. The van der Waals surface area contributed by atoms with E-state index in [1.54, 1.807) is 0 Å². The van der Waals surface area contributed by atoms with E-state index >= 15 is 4.39 Å². The largest absolute Gasteiger partial charge is 0.504 e. The molecule has 0 aliphatic carbocycles. The van der Waals surface area contributed by atoms with Crippen LogP contribution in [0.2, 0.25) is 0 Å². The Hall–Kier alpha value is -4.13. The Kier molecular flexibility index (Phi) is 6.02. The van der Waals surface area contributed by atoms with Crippen molar-refractivity contribution in [3.63, 3.8) is 0 Å². The van der Waals surface area contributed by atoms with Gasteiger partial charge in [-0.15, -0.1) is 0 Å². The van der Waals surface area contributed by atoms with Gasteiger partial charge in [-0.2, -0.15) is 5.10 Å².